The van der Waals surface area contributed by atoms with Crippen LogP contribution in [-0.2, 0) is 20.7 Å². The van der Waals surface area contributed by atoms with Gasteiger partial charge in [-0.1, -0.05) is 12.1 Å². The average Bonchev–Trinajstić information content (AvgIpc) is 3.04. The average molecular weight is 396 g/mol. The molecule has 0 aliphatic carbocycles. The zero-order chi connectivity index (χ0) is 21.1. The van der Waals surface area contributed by atoms with Crippen molar-refractivity contribution in [1.29, 1.82) is 0 Å². The smallest absolute Gasteiger partial charge is 0.306 e. The summed E-state index contributed by atoms with van der Waals surface area (Å²) in [6, 6.07) is 5.64. The molecule has 0 fully saturated rings. The van der Waals surface area contributed by atoms with E-state index in [4.69, 9.17) is 10.5 Å². The zero-order valence-corrected chi connectivity index (χ0v) is 16.9. The molecule has 0 aliphatic heterocycles. The van der Waals surface area contributed by atoms with Gasteiger partial charge in [0.1, 0.15) is 0 Å². The van der Waals surface area contributed by atoms with Crippen LogP contribution in [0.2, 0.25) is 0 Å². The van der Waals surface area contributed by atoms with Gasteiger partial charge in [-0.15, -0.1) is 5.10 Å². The Morgan fingerprint density at radius 2 is 1.93 bits per heavy atom. The van der Waals surface area contributed by atoms with Crippen LogP contribution in [0.15, 0.2) is 18.2 Å². The van der Waals surface area contributed by atoms with E-state index in [1.165, 1.54) is 0 Å². The van der Waals surface area contributed by atoms with Crippen LogP contribution in [0.1, 0.15) is 34.5 Å². The quantitative estimate of drug-likeness (QED) is 0.611. The van der Waals surface area contributed by atoms with Crippen LogP contribution in [-0.4, -0.2) is 38.1 Å². The van der Waals surface area contributed by atoms with E-state index in [0.717, 1.165) is 28.1 Å². The molecule has 1 amide bonds. The topological polar surface area (TPSA) is 124 Å². The molecule has 0 unspecified atom stereocenters. The van der Waals surface area contributed by atoms with Gasteiger partial charge < -0.3 is 15.8 Å². The third kappa shape index (κ3) is 4.50. The monoisotopic (exact) mass is 396 g/mol. The van der Waals surface area contributed by atoms with Gasteiger partial charge in [0.25, 0.3) is 11.7 Å². The largest absolute Gasteiger partial charge is 0.456 e. The molecule has 3 aromatic rings. The molecule has 2 aromatic heterocycles. The van der Waals surface area contributed by atoms with Crippen molar-refractivity contribution < 1.29 is 14.3 Å². The van der Waals surface area contributed by atoms with Gasteiger partial charge in [0.05, 0.1) is 0 Å². The van der Waals surface area contributed by atoms with Crippen molar-refractivity contribution in [1.82, 2.24) is 19.6 Å². The second-order valence-electron chi connectivity index (χ2n) is 6.90. The lowest BCUT2D eigenvalue weighted by Gasteiger charge is -2.11. The van der Waals surface area contributed by atoms with Gasteiger partial charge in [-0.2, -0.15) is 9.50 Å². The van der Waals surface area contributed by atoms with Crippen LogP contribution in [0.4, 0.5) is 11.6 Å². The van der Waals surface area contributed by atoms with E-state index in [1.54, 1.807) is 4.52 Å². The van der Waals surface area contributed by atoms with E-state index in [0.29, 0.717) is 17.9 Å². The normalized spacial score (nSPS) is 10.9. The highest BCUT2D eigenvalue weighted by atomic mass is 16.5. The fourth-order valence-corrected chi connectivity index (χ4v) is 3.10. The Bertz CT molecular complexity index is 1090. The summed E-state index contributed by atoms with van der Waals surface area (Å²) < 4.78 is 6.67. The summed E-state index contributed by atoms with van der Waals surface area (Å²) in [6.07, 6.45) is 0.535. The van der Waals surface area contributed by atoms with Gasteiger partial charge >= 0.3 is 5.97 Å². The number of benzene rings is 1. The van der Waals surface area contributed by atoms with E-state index in [-0.39, 0.29) is 24.9 Å². The number of hydrogen-bond donors (Lipinski definition) is 2. The molecular formula is C20H24N6O3. The first-order valence-corrected chi connectivity index (χ1v) is 9.26. The van der Waals surface area contributed by atoms with Gasteiger partial charge in [-0.25, -0.2) is 4.98 Å². The highest BCUT2D eigenvalue weighted by molar-refractivity contribution is 5.93. The molecule has 152 valence electrons. The highest BCUT2D eigenvalue weighted by Gasteiger charge is 2.15. The van der Waals surface area contributed by atoms with Crippen molar-refractivity contribution in [3.8, 4) is 0 Å². The number of aryl methyl sites for hydroxylation is 3. The second kappa shape index (κ2) is 8.26. The van der Waals surface area contributed by atoms with Crippen LogP contribution >= 0.6 is 0 Å². The molecule has 0 radical (unpaired) electrons. The molecule has 0 atom stereocenters. The van der Waals surface area contributed by atoms with E-state index >= 15 is 0 Å². The fraction of sp³-hybridized carbons (Fsp3) is 0.350. The highest BCUT2D eigenvalue weighted by Crippen LogP contribution is 2.18. The van der Waals surface area contributed by atoms with Crippen LogP contribution in [0.3, 0.4) is 0 Å². The lowest BCUT2D eigenvalue weighted by Crippen LogP contribution is -2.21. The number of hydrogen-bond acceptors (Lipinski definition) is 7. The molecule has 3 rings (SSSR count). The van der Waals surface area contributed by atoms with Crippen molar-refractivity contribution in [2.75, 3.05) is 17.7 Å². The minimum atomic E-state index is -0.460. The Morgan fingerprint density at radius 1 is 1.17 bits per heavy atom. The summed E-state index contributed by atoms with van der Waals surface area (Å²) in [5, 5.41) is 6.87. The summed E-state index contributed by atoms with van der Waals surface area (Å²) in [5.74, 6) is -0.267. The lowest BCUT2D eigenvalue weighted by atomic mass is 10.1. The molecule has 9 nitrogen and oxygen atoms in total. The van der Waals surface area contributed by atoms with E-state index in [1.807, 2.05) is 45.9 Å². The Hall–Kier alpha value is -3.49. The third-order valence-electron chi connectivity index (χ3n) is 4.89. The number of anilines is 2. The summed E-state index contributed by atoms with van der Waals surface area (Å²) in [5.41, 5.74) is 10.8. The number of fused-ring (bicyclic) bond motifs is 1. The first kappa shape index (κ1) is 20.2. The molecule has 2 heterocycles. The third-order valence-corrected chi connectivity index (χ3v) is 4.89. The molecule has 29 heavy (non-hydrogen) atoms. The number of nitrogens with two attached hydrogens (primary N) is 1. The molecular weight excluding hydrogens is 372 g/mol. The Kier molecular flexibility index (Phi) is 5.76. The van der Waals surface area contributed by atoms with Crippen LogP contribution in [0, 0.1) is 27.7 Å². The Balaban J connectivity index is 1.56. The minimum absolute atomic E-state index is 0.121. The maximum atomic E-state index is 12.1. The summed E-state index contributed by atoms with van der Waals surface area (Å²) in [6.45, 7) is 7.27. The van der Waals surface area contributed by atoms with Gasteiger partial charge in [-0.05, 0) is 56.9 Å². The first-order valence-electron chi connectivity index (χ1n) is 9.26. The first-order chi connectivity index (χ1) is 13.8. The number of rotatable bonds is 6. The Morgan fingerprint density at radius 3 is 2.69 bits per heavy atom. The molecule has 3 N–H and O–H groups in total. The predicted molar refractivity (Wildman–Crippen MR) is 108 cm³/mol. The van der Waals surface area contributed by atoms with E-state index in [9.17, 15) is 9.59 Å². The molecule has 1 aromatic carbocycles. The van der Waals surface area contributed by atoms with Gasteiger partial charge in [0, 0.05) is 23.5 Å². The fourth-order valence-electron chi connectivity index (χ4n) is 3.10. The van der Waals surface area contributed by atoms with Gasteiger partial charge in [0.15, 0.2) is 6.61 Å². The zero-order valence-electron chi connectivity index (χ0n) is 16.9. The maximum Gasteiger partial charge on any atom is 0.306 e. The standard InChI is InChI=1S/C20H24N6O3/c1-11-6-5-7-16(12(11)2)23-17(27)10-29-18(28)9-8-15-13(3)22-20-24-19(21)25-26(20)14(15)4/h5-7H,8-10H2,1-4H3,(H2,21,25)(H,23,27). The van der Waals surface area contributed by atoms with Gasteiger partial charge in [0.2, 0.25) is 5.95 Å². The molecule has 9 heteroatoms. The number of aromatic nitrogens is 4. The van der Waals surface area contributed by atoms with Crippen molar-refractivity contribution >= 4 is 29.3 Å². The van der Waals surface area contributed by atoms with Crippen LogP contribution in [0.5, 0.6) is 0 Å². The number of nitrogen functional groups attached to an aromatic ring is 1. The van der Waals surface area contributed by atoms with E-state index < -0.39 is 5.97 Å². The second-order valence-corrected chi connectivity index (χ2v) is 6.90. The molecule has 0 bridgehead atoms. The van der Waals surface area contributed by atoms with Crippen molar-refractivity contribution in [2.45, 2.75) is 40.5 Å². The number of amides is 1. The number of nitrogens with zero attached hydrogens (tertiary/aromatic N) is 4. The minimum Gasteiger partial charge on any atom is -0.456 e. The van der Waals surface area contributed by atoms with Crippen molar-refractivity contribution in [3.05, 3.63) is 46.3 Å². The molecule has 0 saturated heterocycles. The van der Waals surface area contributed by atoms with Crippen molar-refractivity contribution in [2.24, 2.45) is 0 Å². The number of carbonyl (C=O) groups excluding carboxylic acids is 2. The molecule has 0 aliphatic rings. The van der Waals surface area contributed by atoms with Gasteiger partial charge in [-0.3, -0.25) is 9.59 Å². The van der Waals surface area contributed by atoms with E-state index in [2.05, 4.69) is 20.4 Å². The Labute approximate surface area is 168 Å². The summed E-state index contributed by atoms with van der Waals surface area (Å²) in [4.78, 5) is 32.6. The van der Waals surface area contributed by atoms with Crippen molar-refractivity contribution in [3.63, 3.8) is 0 Å². The number of ether oxygens (including phenoxy) is 1. The summed E-state index contributed by atoms with van der Waals surface area (Å²) in [7, 11) is 0. The lowest BCUT2D eigenvalue weighted by molar-refractivity contribution is -0.147. The predicted octanol–water partition coefficient (Wildman–Crippen LogP) is 2.05. The molecule has 0 saturated carbocycles. The molecule has 0 spiro atoms. The SMILES string of the molecule is Cc1cccc(NC(=O)COC(=O)CCc2c(C)nc3nc(N)nn3c2C)c1C. The maximum absolute atomic E-state index is 12.1. The van der Waals surface area contributed by atoms with Crippen LogP contribution < -0.4 is 11.1 Å². The number of nitrogens with one attached hydrogen (secondary N) is 1. The van der Waals surface area contributed by atoms with Crippen LogP contribution in [0.25, 0.3) is 5.78 Å². The number of esters is 1. The summed E-state index contributed by atoms with van der Waals surface area (Å²) >= 11 is 0. The number of carbonyl (C=O) groups is 2.